The number of aryl methyl sites for hydroxylation is 1. The largest absolute Gasteiger partial charge is 0.474 e. The molecule has 1 saturated heterocycles. The second-order valence-corrected chi connectivity index (χ2v) is 8.51. The van der Waals surface area contributed by atoms with Gasteiger partial charge in [-0.2, -0.15) is 0 Å². The first-order valence-corrected chi connectivity index (χ1v) is 11.3. The predicted octanol–water partition coefficient (Wildman–Crippen LogP) is 4.18. The number of aromatic nitrogens is 4. The fourth-order valence-corrected chi connectivity index (χ4v) is 4.49. The van der Waals surface area contributed by atoms with Crippen LogP contribution in [0.15, 0.2) is 61.2 Å². The number of pyridine rings is 1. The average molecular weight is 442 g/mol. The number of carbonyl (C=O) groups is 1. The lowest BCUT2D eigenvalue weighted by Crippen LogP contribution is -2.41. The fraction of sp³-hybridized carbons (Fsp3) is 0.308. The zero-order valence-electron chi connectivity index (χ0n) is 18.9. The minimum Gasteiger partial charge on any atom is -0.474 e. The van der Waals surface area contributed by atoms with Crippen molar-refractivity contribution in [1.82, 2.24) is 24.4 Å². The van der Waals surface area contributed by atoms with Gasteiger partial charge in [0.05, 0.1) is 10.9 Å². The minimum atomic E-state index is 0.0122. The lowest BCUT2D eigenvalue weighted by Gasteiger charge is -2.32. The Kier molecular flexibility index (Phi) is 5.77. The molecular weight excluding hydrogens is 414 g/mol. The third-order valence-electron chi connectivity index (χ3n) is 6.47. The van der Waals surface area contributed by atoms with Crippen molar-refractivity contribution in [2.45, 2.75) is 39.3 Å². The van der Waals surface area contributed by atoms with E-state index in [4.69, 9.17) is 4.74 Å². The van der Waals surface area contributed by atoms with Gasteiger partial charge in [-0.25, -0.2) is 9.97 Å². The van der Waals surface area contributed by atoms with Crippen molar-refractivity contribution in [2.24, 2.45) is 0 Å². The molecule has 7 heteroatoms. The molecule has 0 saturated carbocycles. The number of rotatable bonds is 5. The third-order valence-corrected chi connectivity index (χ3v) is 6.47. The summed E-state index contributed by atoms with van der Waals surface area (Å²) in [4.78, 5) is 27.7. The van der Waals surface area contributed by atoms with E-state index in [0.29, 0.717) is 24.5 Å². The fourth-order valence-electron chi connectivity index (χ4n) is 4.49. The van der Waals surface area contributed by atoms with Crippen LogP contribution < -0.4 is 4.74 Å². The van der Waals surface area contributed by atoms with Crippen LogP contribution in [-0.4, -0.2) is 49.5 Å². The van der Waals surface area contributed by atoms with Crippen LogP contribution in [0, 0.1) is 13.8 Å². The van der Waals surface area contributed by atoms with Crippen LogP contribution in [-0.2, 0) is 6.54 Å². The highest BCUT2D eigenvalue weighted by atomic mass is 16.5. The Bertz CT molecular complexity index is 1260. The first-order chi connectivity index (χ1) is 16.1. The second kappa shape index (κ2) is 9.02. The van der Waals surface area contributed by atoms with Crippen LogP contribution >= 0.6 is 0 Å². The third kappa shape index (κ3) is 4.18. The molecule has 1 aliphatic rings. The van der Waals surface area contributed by atoms with E-state index in [1.165, 1.54) is 5.56 Å². The van der Waals surface area contributed by atoms with Gasteiger partial charge in [0, 0.05) is 50.6 Å². The van der Waals surface area contributed by atoms with Crippen molar-refractivity contribution in [3.63, 3.8) is 0 Å². The summed E-state index contributed by atoms with van der Waals surface area (Å²) >= 11 is 0. The van der Waals surface area contributed by atoms with E-state index < -0.39 is 0 Å². The number of piperidine rings is 1. The van der Waals surface area contributed by atoms with E-state index in [9.17, 15) is 4.79 Å². The summed E-state index contributed by atoms with van der Waals surface area (Å²) in [6, 6.07) is 14.0. The molecule has 0 spiro atoms. The van der Waals surface area contributed by atoms with E-state index in [1.807, 2.05) is 11.0 Å². The number of amides is 1. The molecule has 1 fully saturated rings. The Morgan fingerprint density at radius 2 is 1.85 bits per heavy atom. The van der Waals surface area contributed by atoms with E-state index in [-0.39, 0.29) is 12.0 Å². The SMILES string of the molecule is Cc1c(C)n(Cc2ccccc2)c2ncnc(OC3CCN(C(=O)c4cccnc4)CC3)c12. The van der Waals surface area contributed by atoms with Gasteiger partial charge in [0.15, 0.2) is 0 Å². The maximum atomic E-state index is 12.7. The zero-order valence-corrected chi connectivity index (χ0v) is 18.9. The zero-order chi connectivity index (χ0) is 22.8. The molecule has 0 radical (unpaired) electrons. The summed E-state index contributed by atoms with van der Waals surface area (Å²) in [6.07, 6.45) is 6.42. The van der Waals surface area contributed by atoms with Gasteiger partial charge in [-0.15, -0.1) is 0 Å². The summed E-state index contributed by atoms with van der Waals surface area (Å²) in [5, 5.41) is 0.972. The molecule has 7 nitrogen and oxygen atoms in total. The van der Waals surface area contributed by atoms with Gasteiger partial charge in [0.1, 0.15) is 18.1 Å². The van der Waals surface area contributed by atoms with E-state index in [0.717, 1.165) is 41.7 Å². The maximum absolute atomic E-state index is 12.7. The van der Waals surface area contributed by atoms with Gasteiger partial charge in [0.25, 0.3) is 5.91 Å². The van der Waals surface area contributed by atoms with Crippen molar-refractivity contribution < 1.29 is 9.53 Å². The first kappa shape index (κ1) is 21.1. The number of hydrogen-bond acceptors (Lipinski definition) is 5. The number of carbonyl (C=O) groups excluding carboxylic acids is 1. The van der Waals surface area contributed by atoms with Gasteiger partial charge < -0.3 is 14.2 Å². The quantitative estimate of drug-likeness (QED) is 0.465. The molecule has 168 valence electrons. The predicted molar refractivity (Wildman–Crippen MR) is 126 cm³/mol. The van der Waals surface area contributed by atoms with Gasteiger partial charge in [-0.05, 0) is 37.1 Å². The molecule has 4 aromatic rings. The number of benzene rings is 1. The van der Waals surface area contributed by atoms with Crippen LogP contribution in [0.4, 0.5) is 0 Å². The summed E-state index contributed by atoms with van der Waals surface area (Å²) in [6.45, 7) is 6.28. The number of fused-ring (bicyclic) bond motifs is 1. The van der Waals surface area contributed by atoms with Gasteiger partial charge >= 0.3 is 0 Å². The molecule has 4 heterocycles. The Balaban J connectivity index is 1.33. The Labute approximate surface area is 193 Å². The van der Waals surface area contributed by atoms with Crippen LogP contribution in [0.3, 0.4) is 0 Å². The van der Waals surface area contributed by atoms with Crippen LogP contribution in [0.2, 0.25) is 0 Å². The first-order valence-electron chi connectivity index (χ1n) is 11.3. The van der Waals surface area contributed by atoms with Crippen molar-refractivity contribution in [2.75, 3.05) is 13.1 Å². The number of hydrogen-bond donors (Lipinski definition) is 0. The second-order valence-electron chi connectivity index (χ2n) is 8.51. The molecule has 3 aromatic heterocycles. The van der Waals surface area contributed by atoms with Crippen molar-refractivity contribution in [1.29, 1.82) is 0 Å². The minimum absolute atomic E-state index is 0.0122. The summed E-state index contributed by atoms with van der Waals surface area (Å²) in [5.41, 5.74) is 5.05. The van der Waals surface area contributed by atoms with Crippen molar-refractivity contribution in [3.8, 4) is 5.88 Å². The van der Waals surface area contributed by atoms with Gasteiger partial charge in [-0.3, -0.25) is 9.78 Å². The molecule has 0 unspecified atom stereocenters. The highest BCUT2D eigenvalue weighted by Gasteiger charge is 2.26. The smallest absolute Gasteiger partial charge is 0.255 e. The van der Waals surface area contributed by atoms with E-state index in [1.54, 1.807) is 30.9 Å². The van der Waals surface area contributed by atoms with E-state index >= 15 is 0 Å². The van der Waals surface area contributed by atoms with Gasteiger partial charge in [0.2, 0.25) is 5.88 Å². The normalized spacial score (nSPS) is 14.5. The molecule has 1 amide bonds. The molecule has 0 bridgehead atoms. The molecule has 1 aliphatic heterocycles. The number of likely N-dealkylation sites (tertiary alicyclic amines) is 1. The Morgan fingerprint density at radius 3 is 2.58 bits per heavy atom. The molecule has 1 aromatic carbocycles. The van der Waals surface area contributed by atoms with Crippen molar-refractivity contribution in [3.05, 3.63) is 83.6 Å². The van der Waals surface area contributed by atoms with Crippen LogP contribution in [0.25, 0.3) is 11.0 Å². The summed E-state index contributed by atoms with van der Waals surface area (Å²) in [5.74, 6) is 0.653. The monoisotopic (exact) mass is 441 g/mol. The molecule has 0 N–H and O–H groups in total. The summed E-state index contributed by atoms with van der Waals surface area (Å²) in [7, 11) is 0. The molecule has 0 aliphatic carbocycles. The lowest BCUT2D eigenvalue weighted by molar-refractivity contribution is 0.0590. The average Bonchev–Trinajstić information content (AvgIpc) is 3.11. The highest BCUT2D eigenvalue weighted by molar-refractivity contribution is 5.94. The van der Waals surface area contributed by atoms with Crippen LogP contribution in [0.1, 0.15) is 40.0 Å². The number of nitrogens with zero attached hydrogens (tertiary/aromatic N) is 5. The highest BCUT2D eigenvalue weighted by Crippen LogP contribution is 2.32. The molecular formula is C26H27N5O2. The van der Waals surface area contributed by atoms with Crippen LogP contribution in [0.5, 0.6) is 5.88 Å². The molecule has 33 heavy (non-hydrogen) atoms. The molecule has 0 atom stereocenters. The molecule has 5 rings (SSSR count). The Morgan fingerprint density at radius 1 is 1.06 bits per heavy atom. The Hall–Kier alpha value is -3.74. The van der Waals surface area contributed by atoms with E-state index in [2.05, 4.69) is 57.6 Å². The lowest BCUT2D eigenvalue weighted by atomic mass is 10.1. The topological polar surface area (TPSA) is 73.1 Å². The van der Waals surface area contributed by atoms with Crippen molar-refractivity contribution >= 4 is 16.9 Å². The van der Waals surface area contributed by atoms with Gasteiger partial charge in [-0.1, -0.05) is 30.3 Å². The maximum Gasteiger partial charge on any atom is 0.255 e. The number of ether oxygens (including phenoxy) is 1. The standard InChI is InChI=1S/C26H27N5O2/c1-18-19(2)31(16-20-7-4-3-5-8-20)24-23(18)25(29-17-28-24)33-22-10-13-30(14-11-22)26(32)21-9-6-12-27-15-21/h3-9,12,15,17,22H,10-11,13-14,16H2,1-2H3. The summed E-state index contributed by atoms with van der Waals surface area (Å²) < 4.78 is 8.61.